The van der Waals surface area contributed by atoms with Gasteiger partial charge < -0.3 is 14.8 Å². The van der Waals surface area contributed by atoms with Crippen LogP contribution in [-0.2, 0) is 0 Å². The Morgan fingerprint density at radius 1 is 1.11 bits per heavy atom. The Morgan fingerprint density at radius 3 is 2.63 bits per heavy atom. The molecule has 2 saturated heterocycles. The van der Waals surface area contributed by atoms with Crippen LogP contribution in [0.4, 0.5) is 5.95 Å². The first-order valence-corrected chi connectivity index (χ1v) is 7.93. The van der Waals surface area contributed by atoms with Gasteiger partial charge in [0.2, 0.25) is 5.95 Å². The lowest BCUT2D eigenvalue weighted by molar-refractivity contribution is 0.316. The molecule has 3 heterocycles. The Kier molecular flexibility index (Phi) is 2.98. The molecule has 1 saturated carbocycles. The second kappa shape index (κ2) is 4.82. The van der Waals surface area contributed by atoms with Crippen molar-refractivity contribution in [2.45, 2.75) is 50.6 Å². The van der Waals surface area contributed by atoms with Gasteiger partial charge in [-0.05, 0) is 51.0 Å². The summed E-state index contributed by atoms with van der Waals surface area (Å²) in [5.41, 5.74) is 0. The smallest absolute Gasteiger partial charge is 0.205 e. The zero-order valence-corrected chi connectivity index (χ0v) is 11.6. The first kappa shape index (κ1) is 11.8. The molecule has 0 radical (unpaired) electrons. The van der Waals surface area contributed by atoms with E-state index in [4.69, 9.17) is 0 Å². The molecule has 1 aromatic rings. The molecule has 19 heavy (non-hydrogen) atoms. The second-order valence-electron chi connectivity index (χ2n) is 6.39. The maximum absolute atomic E-state index is 4.60. The number of nitrogens with zero attached hydrogens (tertiary/aromatic N) is 3. The van der Waals surface area contributed by atoms with Crippen molar-refractivity contribution in [2.24, 2.45) is 5.92 Å². The van der Waals surface area contributed by atoms with Gasteiger partial charge in [-0.25, -0.2) is 4.98 Å². The van der Waals surface area contributed by atoms with Crippen LogP contribution in [0.15, 0.2) is 12.4 Å². The molecule has 0 aromatic carbocycles. The molecule has 4 nitrogen and oxygen atoms in total. The van der Waals surface area contributed by atoms with E-state index in [9.17, 15) is 0 Å². The maximum atomic E-state index is 4.60. The molecule has 1 aromatic heterocycles. The van der Waals surface area contributed by atoms with Gasteiger partial charge in [-0.1, -0.05) is 0 Å². The van der Waals surface area contributed by atoms with Crippen LogP contribution in [0.2, 0.25) is 0 Å². The van der Waals surface area contributed by atoms with E-state index >= 15 is 0 Å². The van der Waals surface area contributed by atoms with Crippen LogP contribution in [-0.4, -0.2) is 35.2 Å². The number of imidazole rings is 1. The van der Waals surface area contributed by atoms with Gasteiger partial charge in [-0.2, -0.15) is 0 Å². The van der Waals surface area contributed by atoms with Gasteiger partial charge in [0.25, 0.3) is 0 Å². The van der Waals surface area contributed by atoms with Crippen molar-refractivity contribution in [1.29, 1.82) is 0 Å². The summed E-state index contributed by atoms with van der Waals surface area (Å²) in [5.74, 6) is 2.11. The molecule has 4 heteroatoms. The highest BCUT2D eigenvalue weighted by Gasteiger charge is 2.31. The molecular weight excluding hydrogens is 236 g/mol. The molecular formula is C15H24N4. The summed E-state index contributed by atoms with van der Waals surface area (Å²) < 4.78 is 2.40. The average Bonchev–Trinajstić information content (AvgIpc) is 2.96. The van der Waals surface area contributed by atoms with E-state index in [2.05, 4.69) is 26.0 Å². The Balaban J connectivity index is 1.40. The lowest BCUT2D eigenvalue weighted by Crippen LogP contribution is -2.41. The van der Waals surface area contributed by atoms with Gasteiger partial charge in [-0.3, -0.25) is 0 Å². The van der Waals surface area contributed by atoms with Crippen molar-refractivity contribution >= 4 is 5.95 Å². The normalized spacial score (nSPS) is 29.1. The highest BCUT2D eigenvalue weighted by molar-refractivity contribution is 5.33. The van der Waals surface area contributed by atoms with E-state index in [1.165, 1.54) is 64.1 Å². The summed E-state index contributed by atoms with van der Waals surface area (Å²) in [6.45, 7) is 3.61. The monoisotopic (exact) mass is 260 g/mol. The molecule has 104 valence electrons. The van der Waals surface area contributed by atoms with Crippen LogP contribution in [0.3, 0.4) is 0 Å². The van der Waals surface area contributed by atoms with Crippen LogP contribution in [0, 0.1) is 5.92 Å². The van der Waals surface area contributed by atoms with E-state index in [0.717, 1.165) is 18.0 Å². The van der Waals surface area contributed by atoms with Crippen LogP contribution in [0.1, 0.15) is 44.6 Å². The number of hydrogen-bond acceptors (Lipinski definition) is 3. The highest BCUT2D eigenvalue weighted by atomic mass is 15.3. The number of anilines is 1. The molecule has 1 atom stereocenters. The second-order valence-corrected chi connectivity index (χ2v) is 6.39. The van der Waals surface area contributed by atoms with Crippen molar-refractivity contribution in [3.8, 4) is 0 Å². The molecule has 0 spiro atoms. The van der Waals surface area contributed by atoms with Gasteiger partial charge in [0, 0.05) is 37.6 Å². The van der Waals surface area contributed by atoms with E-state index < -0.39 is 0 Å². The number of rotatable bonds is 3. The molecule has 3 fully saturated rings. The lowest BCUT2D eigenvalue weighted by Gasteiger charge is -2.35. The minimum atomic E-state index is 0.742. The summed E-state index contributed by atoms with van der Waals surface area (Å²) in [7, 11) is 0. The molecule has 2 aliphatic heterocycles. The van der Waals surface area contributed by atoms with Crippen molar-refractivity contribution < 1.29 is 0 Å². The Hall–Kier alpha value is -1.03. The van der Waals surface area contributed by atoms with Gasteiger partial charge in [0.05, 0.1) is 0 Å². The molecule has 1 N–H and O–H groups in total. The highest BCUT2D eigenvalue weighted by Crippen LogP contribution is 2.38. The van der Waals surface area contributed by atoms with E-state index in [1.54, 1.807) is 0 Å². The largest absolute Gasteiger partial charge is 0.342 e. The van der Waals surface area contributed by atoms with Crippen molar-refractivity contribution in [2.75, 3.05) is 24.5 Å². The third-order valence-electron chi connectivity index (χ3n) is 5.08. The number of piperidine rings is 1. The van der Waals surface area contributed by atoms with Crippen LogP contribution in [0.5, 0.6) is 0 Å². The van der Waals surface area contributed by atoms with E-state index in [0.29, 0.717) is 0 Å². The quantitative estimate of drug-likeness (QED) is 0.904. The topological polar surface area (TPSA) is 33.1 Å². The first-order chi connectivity index (χ1) is 9.42. The Labute approximate surface area is 115 Å². The van der Waals surface area contributed by atoms with Crippen LogP contribution >= 0.6 is 0 Å². The Morgan fingerprint density at radius 2 is 1.95 bits per heavy atom. The minimum Gasteiger partial charge on any atom is -0.342 e. The molecule has 1 aliphatic carbocycles. The van der Waals surface area contributed by atoms with Gasteiger partial charge in [0.1, 0.15) is 0 Å². The number of nitrogens with one attached hydrogen (secondary N) is 1. The predicted octanol–water partition coefficient (Wildman–Crippen LogP) is 2.19. The average molecular weight is 260 g/mol. The number of aromatic nitrogens is 2. The molecule has 1 unspecified atom stereocenters. The maximum Gasteiger partial charge on any atom is 0.205 e. The summed E-state index contributed by atoms with van der Waals surface area (Å²) in [4.78, 5) is 7.10. The van der Waals surface area contributed by atoms with Crippen molar-refractivity contribution in [3.05, 3.63) is 12.4 Å². The summed E-state index contributed by atoms with van der Waals surface area (Å²) >= 11 is 0. The fraction of sp³-hybridized carbons (Fsp3) is 0.800. The lowest BCUT2D eigenvalue weighted by atomic mass is 9.89. The third-order valence-corrected chi connectivity index (χ3v) is 5.08. The molecule has 4 rings (SSSR count). The van der Waals surface area contributed by atoms with E-state index in [-0.39, 0.29) is 0 Å². The molecule has 0 bridgehead atoms. The predicted molar refractivity (Wildman–Crippen MR) is 76.5 cm³/mol. The summed E-state index contributed by atoms with van der Waals surface area (Å²) in [5, 5.41) is 3.68. The van der Waals surface area contributed by atoms with Crippen molar-refractivity contribution in [3.63, 3.8) is 0 Å². The third kappa shape index (κ3) is 2.27. The van der Waals surface area contributed by atoms with Gasteiger partial charge in [-0.15, -0.1) is 0 Å². The molecule has 0 amide bonds. The standard InChI is InChI=1S/C15H24N4/c1-2-14(16-7-1)12-5-9-18(10-6-12)15-17-8-11-19(15)13-3-4-13/h8,11-14,16H,1-7,9-10H2. The number of hydrogen-bond donors (Lipinski definition) is 1. The molecule has 3 aliphatic rings. The van der Waals surface area contributed by atoms with Crippen LogP contribution in [0.25, 0.3) is 0 Å². The SMILES string of the molecule is c1cn(C2CC2)c(N2CCC(C3CCCN3)CC2)n1. The summed E-state index contributed by atoms with van der Waals surface area (Å²) in [6.07, 6.45) is 12.2. The van der Waals surface area contributed by atoms with Gasteiger partial charge in [0.15, 0.2) is 0 Å². The van der Waals surface area contributed by atoms with Crippen molar-refractivity contribution in [1.82, 2.24) is 14.9 Å². The van der Waals surface area contributed by atoms with Crippen LogP contribution < -0.4 is 10.2 Å². The van der Waals surface area contributed by atoms with E-state index in [1.807, 2.05) is 6.20 Å². The van der Waals surface area contributed by atoms with Gasteiger partial charge >= 0.3 is 0 Å². The Bertz CT molecular complexity index is 423. The fourth-order valence-corrected chi connectivity index (χ4v) is 3.80. The zero-order chi connectivity index (χ0) is 12.7. The fourth-order valence-electron chi connectivity index (χ4n) is 3.80. The zero-order valence-electron chi connectivity index (χ0n) is 11.6. The summed E-state index contributed by atoms with van der Waals surface area (Å²) in [6, 6.07) is 1.54. The minimum absolute atomic E-state index is 0.742. The first-order valence-electron chi connectivity index (χ1n) is 7.93.